The van der Waals surface area contributed by atoms with Gasteiger partial charge in [0.2, 0.25) is 0 Å². The van der Waals surface area contributed by atoms with Crippen molar-refractivity contribution in [3.8, 4) is 0 Å². The third-order valence-corrected chi connectivity index (χ3v) is 6.27. The molecule has 0 saturated carbocycles. The minimum absolute atomic E-state index is 0.0837. The third-order valence-electron chi connectivity index (χ3n) is 3.08. The van der Waals surface area contributed by atoms with Crippen LogP contribution in [0.25, 0.3) is 0 Å². The molecule has 0 unspecified atom stereocenters. The molecule has 0 bridgehead atoms. The van der Waals surface area contributed by atoms with E-state index in [1.165, 1.54) is 18.3 Å². The quantitative estimate of drug-likeness (QED) is 0.833. The van der Waals surface area contributed by atoms with Gasteiger partial charge in [-0.15, -0.1) is 0 Å². The highest BCUT2D eigenvalue weighted by molar-refractivity contribution is 7.91. The lowest BCUT2D eigenvalue weighted by Crippen LogP contribution is -2.15. The van der Waals surface area contributed by atoms with Gasteiger partial charge in [0.25, 0.3) is 10.0 Å². The Hall–Kier alpha value is -1.60. The molecular formula is C12H11NO4S2. The van der Waals surface area contributed by atoms with Crippen molar-refractivity contribution < 1.29 is 16.8 Å². The molecule has 7 heteroatoms. The molecule has 0 saturated heterocycles. The lowest BCUT2D eigenvalue weighted by Gasteiger charge is -2.08. The van der Waals surface area contributed by atoms with E-state index in [1.807, 2.05) is 0 Å². The van der Waals surface area contributed by atoms with Crippen LogP contribution in [-0.4, -0.2) is 20.8 Å². The zero-order valence-corrected chi connectivity index (χ0v) is 11.5. The van der Waals surface area contributed by atoms with E-state index in [4.69, 9.17) is 0 Å². The van der Waals surface area contributed by atoms with Crippen LogP contribution in [0.3, 0.4) is 0 Å². The summed E-state index contributed by atoms with van der Waals surface area (Å²) in [7, 11) is -6.93. The van der Waals surface area contributed by atoms with E-state index in [-0.39, 0.29) is 16.4 Å². The lowest BCUT2D eigenvalue weighted by molar-refractivity contribution is 0.585. The molecule has 0 aliphatic carbocycles. The Morgan fingerprint density at radius 1 is 1.00 bits per heavy atom. The molecule has 1 aliphatic heterocycles. The minimum atomic E-state index is -3.72. The maximum Gasteiger partial charge on any atom is 0.267 e. The minimum Gasteiger partial charge on any atom is -0.245 e. The fraction of sp³-hybridized carbons (Fsp3) is 0.167. The van der Waals surface area contributed by atoms with Crippen LogP contribution >= 0.6 is 0 Å². The van der Waals surface area contributed by atoms with Gasteiger partial charge in [-0.05, 0) is 23.8 Å². The summed E-state index contributed by atoms with van der Waals surface area (Å²) in [5, 5.41) is 0. The molecule has 0 radical (unpaired) electrons. The molecule has 0 atom stereocenters. The fourth-order valence-electron chi connectivity index (χ4n) is 2.20. The van der Waals surface area contributed by atoms with Crippen LogP contribution in [0, 0.1) is 0 Å². The van der Waals surface area contributed by atoms with Crippen LogP contribution in [0.4, 0.5) is 0 Å². The van der Waals surface area contributed by atoms with Crippen molar-refractivity contribution in [3.63, 3.8) is 0 Å². The van der Waals surface area contributed by atoms with E-state index in [0.717, 1.165) is 3.97 Å². The second-order valence-electron chi connectivity index (χ2n) is 4.43. The first-order valence-electron chi connectivity index (χ1n) is 5.60. The van der Waals surface area contributed by atoms with Gasteiger partial charge in [-0.2, -0.15) is 0 Å². The Morgan fingerprint density at radius 3 is 2.37 bits per heavy atom. The van der Waals surface area contributed by atoms with Crippen molar-refractivity contribution in [2.45, 2.75) is 16.4 Å². The van der Waals surface area contributed by atoms with Gasteiger partial charge in [0.1, 0.15) is 0 Å². The molecule has 2 heterocycles. The predicted molar refractivity (Wildman–Crippen MR) is 69.8 cm³/mol. The predicted octanol–water partition coefficient (Wildman–Crippen LogP) is 1.15. The smallest absolute Gasteiger partial charge is 0.245 e. The largest absolute Gasteiger partial charge is 0.267 e. The van der Waals surface area contributed by atoms with Crippen LogP contribution in [0.5, 0.6) is 0 Å². The number of aromatic nitrogens is 1. The molecule has 2 aromatic rings. The molecule has 1 aliphatic rings. The van der Waals surface area contributed by atoms with E-state index in [2.05, 4.69) is 0 Å². The van der Waals surface area contributed by atoms with Crippen LogP contribution in [0.1, 0.15) is 11.3 Å². The summed E-state index contributed by atoms with van der Waals surface area (Å²) < 4.78 is 49.1. The highest BCUT2D eigenvalue weighted by Gasteiger charge is 2.31. The molecule has 3 rings (SSSR count). The zero-order chi connectivity index (χ0) is 13.7. The number of hydrogen-bond acceptors (Lipinski definition) is 4. The first-order valence-corrected chi connectivity index (χ1v) is 8.86. The summed E-state index contributed by atoms with van der Waals surface area (Å²) in [4.78, 5) is 0.151. The van der Waals surface area contributed by atoms with Gasteiger partial charge in [-0.1, -0.05) is 18.2 Å². The summed E-state index contributed by atoms with van der Waals surface area (Å²) in [5.41, 5.74) is 0.920. The third kappa shape index (κ3) is 1.98. The van der Waals surface area contributed by atoms with Gasteiger partial charge >= 0.3 is 0 Å². The van der Waals surface area contributed by atoms with Gasteiger partial charge in [0, 0.05) is 6.20 Å². The molecule has 0 spiro atoms. The van der Waals surface area contributed by atoms with Gasteiger partial charge in [-0.3, -0.25) is 0 Å². The summed E-state index contributed by atoms with van der Waals surface area (Å²) in [5.74, 6) is -0.305. The van der Waals surface area contributed by atoms with Gasteiger partial charge in [0.15, 0.2) is 9.84 Å². The van der Waals surface area contributed by atoms with Crippen molar-refractivity contribution in [1.29, 1.82) is 0 Å². The Kier molecular flexibility index (Phi) is 2.58. The molecular weight excluding hydrogens is 286 g/mol. The maximum atomic E-state index is 12.4. The van der Waals surface area contributed by atoms with Crippen LogP contribution in [0.15, 0.2) is 47.5 Å². The molecule has 1 aromatic heterocycles. The topological polar surface area (TPSA) is 73.2 Å². The molecule has 5 nitrogen and oxygen atoms in total. The van der Waals surface area contributed by atoms with E-state index in [9.17, 15) is 16.8 Å². The monoisotopic (exact) mass is 297 g/mol. The molecule has 0 N–H and O–H groups in total. The summed E-state index contributed by atoms with van der Waals surface area (Å²) in [6.45, 7) is 0. The van der Waals surface area contributed by atoms with Crippen molar-refractivity contribution in [3.05, 3.63) is 53.9 Å². The number of sulfone groups is 1. The number of rotatable bonds is 2. The zero-order valence-electron chi connectivity index (χ0n) is 9.85. The van der Waals surface area contributed by atoms with E-state index >= 15 is 0 Å². The lowest BCUT2D eigenvalue weighted by atomic mass is 10.3. The van der Waals surface area contributed by atoms with Crippen molar-refractivity contribution in [2.24, 2.45) is 0 Å². The van der Waals surface area contributed by atoms with Gasteiger partial charge in [0.05, 0.1) is 22.1 Å². The van der Waals surface area contributed by atoms with Gasteiger partial charge < -0.3 is 0 Å². The second-order valence-corrected chi connectivity index (χ2v) is 8.31. The summed E-state index contributed by atoms with van der Waals surface area (Å²) in [6.07, 6.45) is 1.42. The van der Waals surface area contributed by atoms with Crippen LogP contribution in [0.2, 0.25) is 0 Å². The van der Waals surface area contributed by atoms with E-state index in [0.29, 0.717) is 11.3 Å². The second kappa shape index (κ2) is 3.94. The Bertz CT molecular complexity index is 833. The molecule has 100 valence electrons. The molecule has 0 fully saturated rings. The summed E-state index contributed by atoms with van der Waals surface area (Å²) in [6, 6.07) is 9.53. The van der Waals surface area contributed by atoms with Crippen LogP contribution < -0.4 is 0 Å². The molecule has 0 amide bonds. The maximum absolute atomic E-state index is 12.4. The van der Waals surface area contributed by atoms with Crippen molar-refractivity contribution >= 4 is 19.9 Å². The SMILES string of the molecule is O=S1(=O)Cc2ccn(S(=O)(=O)c3ccccc3)c2C1. The van der Waals surface area contributed by atoms with Crippen LogP contribution in [-0.2, 0) is 31.4 Å². The average Bonchev–Trinajstić information content (AvgIpc) is 2.85. The van der Waals surface area contributed by atoms with E-state index < -0.39 is 19.9 Å². The first kappa shape index (κ1) is 12.4. The number of nitrogens with zero attached hydrogens (tertiary/aromatic N) is 1. The number of benzene rings is 1. The molecule has 19 heavy (non-hydrogen) atoms. The molecule has 1 aromatic carbocycles. The van der Waals surface area contributed by atoms with E-state index in [1.54, 1.807) is 24.3 Å². The van der Waals surface area contributed by atoms with Gasteiger partial charge in [-0.25, -0.2) is 20.8 Å². The number of fused-ring (bicyclic) bond motifs is 1. The highest BCUT2D eigenvalue weighted by atomic mass is 32.2. The van der Waals surface area contributed by atoms with Crippen molar-refractivity contribution in [1.82, 2.24) is 3.97 Å². The normalized spacial score (nSPS) is 17.3. The Morgan fingerprint density at radius 2 is 1.68 bits per heavy atom. The highest BCUT2D eigenvalue weighted by Crippen LogP contribution is 2.28. The Labute approximate surface area is 111 Å². The number of hydrogen-bond donors (Lipinski definition) is 0. The van der Waals surface area contributed by atoms with Crippen molar-refractivity contribution in [2.75, 3.05) is 0 Å². The summed E-state index contributed by atoms with van der Waals surface area (Å²) >= 11 is 0. The Balaban J connectivity index is 2.16. The average molecular weight is 297 g/mol. The fourth-order valence-corrected chi connectivity index (χ4v) is 5.28. The first-order chi connectivity index (χ1) is 8.90. The standard InChI is InChI=1S/C12H11NO4S2/c14-18(15)8-10-6-7-13(12(10)9-18)19(16,17)11-4-2-1-3-5-11/h1-7H,8-9H2.